The summed E-state index contributed by atoms with van der Waals surface area (Å²) in [6, 6.07) is 13.7. The standard InChI is InChI=1S/C22H23NO4/c1-3-5-16-11-21(24)27-22-18(16)8-9-20-19(22)13-23(14-26-20)12-15-6-4-7-17(10-15)25-2/h4,6-11H,3,5,12-14H2,1-2H3/p+1. The minimum atomic E-state index is -0.292. The number of aryl methyl sites for hydroxylation is 1. The van der Waals surface area contributed by atoms with Crippen molar-refractivity contribution in [2.75, 3.05) is 13.8 Å². The number of hydrogen-bond acceptors (Lipinski definition) is 4. The van der Waals surface area contributed by atoms with Crippen LogP contribution in [0.5, 0.6) is 11.5 Å². The molecule has 0 spiro atoms. The SMILES string of the molecule is CCCc1cc(=O)oc2c3c(ccc12)OC[NH+](Cc1cccc(OC)c1)C3. The largest absolute Gasteiger partial charge is 0.497 e. The van der Waals surface area contributed by atoms with E-state index in [4.69, 9.17) is 13.9 Å². The third kappa shape index (κ3) is 3.55. The molecule has 0 fully saturated rings. The van der Waals surface area contributed by atoms with Gasteiger partial charge in [0.05, 0.1) is 12.7 Å². The average molecular weight is 366 g/mol. The molecule has 2 aromatic carbocycles. The van der Waals surface area contributed by atoms with E-state index in [1.54, 1.807) is 13.2 Å². The van der Waals surface area contributed by atoms with Gasteiger partial charge in [0, 0.05) is 17.0 Å². The third-order valence-corrected chi connectivity index (χ3v) is 5.02. The van der Waals surface area contributed by atoms with Crippen molar-refractivity contribution in [1.29, 1.82) is 0 Å². The molecule has 0 saturated heterocycles. The van der Waals surface area contributed by atoms with Gasteiger partial charge in [-0.1, -0.05) is 25.5 Å². The van der Waals surface area contributed by atoms with E-state index in [0.29, 0.717) is 12.3 Å². The quantitative estimate of drug-likeness (QED) is 0.706. The van der Waals surface area contributed by atoms with E-state index < -0.39 is 0 Å². The molecule has 3 aromatic rings. The molecule has 5 heteroatoms. The molecular weight excluding hydrogens is 342 g/mol. The van der Waals surface area contributed by atoms with Crippen LogP contribution in [0.2, 0.25) is 0 Å². The second-order valence-corrected chi connectivity index (χ2v) is 7.00. The Morgan fingerprint density at radius 3 is 2.89 bits per heavy atom. The zero-order chi connectivity index (χ0) is 18.8. The van der Waals surface area contributed by atoms with Crippen LogP contribution in [0, 0.1) is 0 Å². The first-order valence-electron chi connectivity index (χ1n) is 9.36. The van der Waals surface area contributed by atoms with Crippen LogP contribution >= 0.6 is 0 Å². The van der Waals surface area contributed by atoms with Crippen molar-refractivity contribution in [1.82, 2.24) is 0 Å². The van der Waals surface area contributed by atoms with E-state index in [0.717, 1.165) is 53.9 Å². The highest BCUT2D eigenvalue weighted by atomic mass is 16.5. The Kier molecular flexibility index (Phi) is 4.86. The Labute approximate surface area is 158 Å². The van der Waals surface area contributed by atoms with Crippen LogP contribution in [0.3, 0.4) is 0 Å². The highest BCUT2D eigenvalue weighted by Gasteiger charge is 2.25. The van der Waals surface area contributed by atoms with Gasteiger partial charge in [0.25, 0.3) is 0 Å². The predicted molar refractivity (Wildman–Crippen MR) is 103 cm³/mol. The van der Waals surface area contributed by atoms with Gasteiger partial charge in [0.1, 0.15) is 24.6 Å². The fraction of sp³-hybridized carbons (Fsp3) is 0.318. The van der Waals surface area contributed by atoms with Gasteiger partial charge < -0.3 is 13.9 Å². The number of methoxy groups -OCH3 is 1. The minimum absolute atomic E-state index is 0.292. The van der Waals surface area contributed by atoms with Gasteiger partial charge in [-0.25, -0.2) is 4.79 Å². The van der Waals surface area contributed by atoms with E-state index in [9.17, 15) is 4.79 Å². The fourth-order valence-corrected chi connectivity index (χ4v) is 3.77. The molecule has 1 unspecified atom stereocenters. The van der Waals surface area contributed by atoms with Gasteiger partial charge in [-0.3, -0.25) is 4.90 Å². The summed E-state index contributed by atoms with van der Waals surface area (Å²) >= 11 is 0. The van der Waals surface area contributed by atoms with Crippen molar-refractivity contribution in [3.05, 3.63) is 69.6 Å². The molecular formula is C22H24NO4+. The lowest BCUT2D eigenvalue weighted by Gasteiger charge is -2.26. The molecule has 1 aromatic heterocycles. The van der Waals surface area contributed by atoms with Gasteiger partial charge in [0.15, 0.2) is 5.58 Å². The monoisotopic (exact) mass is 366 g/mol. The number of quaternary nitrogens is 1. The molecule has 1 N–H and O–H groups in total. The Balaban J connectivity index is 1.68. The number of hydrogen-bond donors (Lipinski definition) is 1. The van der Waals surface area contributed by atoms with Gasteiger partial charge in [-0.2, -0.15) is 0 Å². The van der Waals surface area contributed by atoms with Crippen LogP contribution in [0.25, 0.3) is 11.0 Å². The van der Waals surface area contributed by atoms with E-state index in [2.05, 4.69) is 13.0 Å². The van der Waals surface area contributed by atoms with E-state index in [1.807, 2.05) is 30.3 Å². The summed E-state index contributed by atoms with van der Waals surface area (Å²) in [5.41, 5.74) is 3.59. The van der Waals surface area contributed by atoms with E-state index in [1.165, 1.54) is 10.5 Å². The van der Waals surface area contributed by atoms with Crippen LogP contribution in [0.1, 0.15) is 30.0 Å². The Hall–Kier alpha value is -2.79. The minimum Gasteiger partial charge on any atom is -0.497 e. The summed E-state index contributed by atoms with van der Waals surface area (Å²) in [6.45, 7) is 4.25. The van der Waals surface area contributed by atoms with Crippen LogP contribution < -0.4 is 20.0 Å². The molecule has 5 nitrogen and oxygen atoms in total. The molecule has 0 amide bonds. The molecule has 27 heavy (non-hydrogen) atoms. The molecule has 1 atom stereocenters. The number of rotatable bonds is 5. The second kappa shape index (κ2) is 7.45. The number of nitrogens with one attached hydrogen (secondary N) is 1. The zero-order valence-electron chi connectivity index (χ0n) is 15.7. The highest BCUT2D eigenvalue weighted by Crippen LogP contribution is 2.30. The molecule has 4 rings (SSSR count). The number of ether oxygens (including phenoxy) is 2. The maximum absolute atomic E-state index is 12.1. The highest BCUT2D eigenvalue weighted by molar-refractivity contribution is 5.85. The van der Waals surface area contributed by atoms with E-state index >= 15 is 0 Å². The van der Waals surface area contributed by atoms with Crippen LogP contribution in [-0.2, 0) is 19.5 Å². The van der Waals surface area contributed by atoms with Crippen molar-refractivity contribution < 1.29 is 18.8 Å². The molecule has 0 saturated carbocycles. The fourth-order valence-electron chi connectivity index (χ4n) is 3.77. The molecule has 0 radical (unpaired) electrons. The van der Waals surface area contributed by atoms with Crippen molar-refractivity contribution in [2.45, 2.75) is 32.9 Å². The van der Waals surface area contributed by atoms with Gasteiger partial charge in [-0.05, 0) is 36.2 Å². The Morgan fingerprint density at radius 2 is 2.07 bits per heavy atom. The van der Waals surface area contributed by atoms with Crippen molar-refractivity contribution >= 4 is 11.0 Å². The van der Waals surface area contributed by atoms with Crippen LogP contribution in [-0.4, -0.2) is 13.8 Å². The van der Waals surface area contributed by atoms with Gasteiger partial charge in [0.2, 0.25) is 6.73 Å². The Morgan fingerprint density at radius 1 is 1.19 bits per heavy atom. The molecule has 1 aliphatic heterocycles. The van der Waals surface area contributed by atoms with Crippen molar-refractivity contribution in [2.24, 2.45) is 0 Å². The summed E-state index contributed by atoms with van der Waals surface area (Å²) in [4.78, 5) is 13.3. The van der Waals surface area contributed by atoms with Gasteiger partial charge >= 0.3 is 5.63 Å². The molecule has 2 heterocycles. The zero-order valence-corrected chi connectivity index (χ0v) is 15.7. The first-order valence-corrected chi connectivity index (χ1v) is 9.36. The predicted octanol–water partition coefficient (Wildman–Crippen LogP) is 2.69. The average Bonchev–Trinajstić information content (AvgIpc) is 2.68. The maximum atomic E-state index is 12.1. The lowest BCUT2D eigenvalue weighted by atomic mass is 10.0. The van der Waals surface area contributed by atoms with E-state index in [-0.39, 0.29) is 5.63 Å². The van der Waals surface area contributed by atoms with Crippen LogP contribution in [0.4, 0.5) is 0 Å². The third-order valence-electron chi connectivity index (χ3n) is 5.02. The number of benzene rings is 2. The molecule has 140 valence electrons. The number of fused-ring (bicyclic) bond motifs is 3. The molecule has 1 aliphatic rings. The molecule has 0 aliphatic carbocycles. The maximum Gasteiger partial charge on any atom is 0.336 e. The summed E-state index contributed by atoms with van der Waals surface area (Å²) in [5, 5.41) is 1.02. The lowest BCUT2D eigenvalue weighted by Crippen LogP contribution is -3.10. The van der Waals surface area contributed by atoms with Crippen LogP contribution in [0.15, 0.2) is 51.7 Å². The summed E-state index contributed by atoms with van der Waals surface area (Å²) in [5.74, 6) is 1.67. The topological polar surface area (TPSA) is 53.1 Å². The first kappa shape index (κ1) is 17.6. The summed E-state index contributed by atoms with van der Waals surface area (Å²) in [6.07, 6.45) is 1.85. The summed E-state index contributed by atoms with van der Waals surface area (Å²) in [7, 11) is 1.67. The van der Waals surface area contributed by atoms with Crippen molar-refractivity contribution in [3.63, 3.8) is 0 Å². The van der Waals surface area contributed by atoms with Crippen molar-refractivity contribution in [3.8, 4) is 11.5 Å². The van der Waals surface area contributed by atoms with Gasteiger partial charge in [-0.15, -0.1) is 0 Å². The Bertz CT molecular complexity index is 1020. The smallest absolute Gasteiger partial charge is 0.336 e. The first-order chi connectivity index (χ1) is 13.2. The summed E-state index contributed by atoms with van der Waals surface area (Å²) < 4.78 is 16.9. The second-order valence-electron chi connectivity index (χ2n) is 7.00. The lowest BCUT2D eigenvalue weighted by molar-refractivity contribution is -0.945. The normalized spacial score (nSPS) is 16.0. The molecule has 0 bridgehead atoms.